The molecule has 27 heavy (non-hydrogen) atoms. The molecule has 1 atom stereocenters. The topological polar surface area (TPSA) is 89.6 Å². The van der Waals surface area contributed by atoms with E-state index < -0.39 is 0 Å². The SMILES string of the molecule is COc1cc([C@H](C)Nc2nc(-c3cccc(Cl)c3)no2)ccc1OCCO. The number of rotatable bonds is 8. The van der Waals surface area contributed by atoms with Gasteiger partial charge in [0.05, 0.1) is 19.8 Å². The summed E-state index contributed by atoms with van der Waals surface area (Å²) >= 11 is 6.00. The predicted molar refractivity (Wildman–Crippen MR) is 102 cm³/mol. The molecule has 3 aromatic rings. The number of hydrogen-bond acceptors (Lipinski definition) is 7. The zero-order chi connectivity index (χ0) is 19.2. The molecule has 1 heterocycles. The van der Waals surface area contributed by atoms with Crippen LogP contribution in [0, 0.1) is 0 Å². The lowest BCUT2D eigenvalue weighted by Gasteiger charge is -2.15. The second-order valence-electron chi connectivity index (χ2n) is 5.78. The average Bonchev–Trinajstić information content (AvgIpc) is 3.14. The van der Waals surface area contributed by atoms with Crippen molar-refractivity contribution in [2.24, 2.45) is 0 Å². The van der Waals surface area contributed by atoms with E-state index in [0.717, 1.165) is 11.1 Å². The summed E-state index contributed by atoms with van der Waals surface area (Å²) in [6, 6.07) is 13.0. The van der Waals surface area contributed by atoms with Crippen molar-refractivity contribution in [3.8, 4) is 22.9 Å². The molecule has 142 valence electrons. The van der Waals surface area contributed by atoms with E-state index in [1.165, 1.54) is 0 Å². The van der Waals surface area contributed by atoms with Crippen LogP contribution in [0.1, 0.15) is 18.5 Å². The second-order valence-corrected chi connectivity index (χ2v) is 6.22. The van der Waals surface area contributed by atoms with Gasteiger partial charge in [-0.05, 0) is 36.8 Å². The molecule has 0 spiro atoms. The molecule has 8 heteroatoms. The number of nitrogens with zero attached hydrogens (tertiary/aromatic N) is 2. The number of benzene rings is 2. The summed E-state index contributed by atoms with van der Waals surface area (Å²) in [7, 11) is 1.57. The van der Waals surface area contributed by atoms with Crippen molar-refractivity contribution in [1.82, 2.24) is 10.1 Å². The second kappa shape index (κ2) is 8.75. The molecule has 0 bridgehead atoms. The zero-order valence-corrected chi connectivity index (χ0v) is 15.7. The summed E-state index contributed by atoms with van der Waals surface area (Å²) in [5.74, 6) is 1.61. The summed E-state index contributed by atoms with van der Waals surface area (Å²) in [5, 5.41) is 16.6. The molecule has 1 aromatic heterocycles. The maximum atomic E-state index is 8.89. The maximum absolute atomic E-state index is 8.89. The summed E-state index contributed by atoms with van der Waals surface area (Å²) < 4.78 is 16.1. The van der Waals surface area contributed by atoms with E-state index in [1.54, 1.807) is 25.3 Å². The number of halogens is 1. The average molecular weight is 390 g/mol. The quantitative estimate of drug-likeness (QED) is 0.603. The molecule has 2 aromatic carbocycles. The largest absolute Gasteiger partial charge is 0.493 e. The van der Waals surface area contributed by atoms with Gasteiger partial charge in [-0.1, -0.05) is 35.0 Å². The molecule has 0 fully saturated rings. The number of aliphatic hydroxyl groups excluding tert-OH is 1. The van der Waals surface area contributed by atoms with Gasteiger partial charge in [0, 0.05) is 10.6 Å². The molecule has 0 saturated carbocycles. The lowest BCUT2D eigenvalue weighted by atomic mass is 10.1. The van der Waals surface area contributed by atoms with Gasteiger partial charge in [0.1, 0.15) is 6.61 Å². The summed E-state index contributed by atoms with van der Waals surface area (Å²) in [6.45, 7) is 2.11. The minimum absolute atomic E-state index is 0.0605. The van der Waals surface area contributed by atoms with Gasteiger partial charge in [0.15, 0.2) is 11.5 Å². The molecule has 0 aliphatic rings. The monoisotopic (exact) mass is 389 g/mol. The van der Waals surface area contributed by atoms with Crippen molar-refractivity contribution in [3.05, 3.63) is 53.1 Å². The molecular formula is C19H20ClN3O4. The number of aromatic nitrogens is 2. The zero-order valence-electron chi connectivity index (χ0n) is 15.0. The highest BCUT2D eigenvalue weighted by Crippen LogP contribution is 2.31. The Bertz CT molecular complexity index is 900. The highest BCUT2D eigenvalue weighted by Gasteiger charge is 2.15. The maximum Gasteiger partial charge on any atom is 0.322 e. The molecular weight excluding hydrogens is 370 g/mol. The third-order valence-corrected chi connectivity index (χ3v) is 4.12. The summed E-state index contributed by atoms with van der Waals surface area (Å²) in [5.41, 5.74) is 1.73. The fourth-order valence-corrected chi connectivity index (χ4v) is 2.71. The summed E-state index contributed by atoms with van der Waals surface area (Å²) in [6.07, 6.45) is 0. The molecule has 3 rings (SSSR count). The van der Waals surface area contributed by atoms with Gasteiger partial charge in [0.2, 0.25) is 5.82 Å². The third kappa shape index (κ3) is 4.69. The van der Waals surface area contributed by atoms with Crippen LogP contribution in [0.2, 0.25) is 5.02 Å². The summed E-state index contributed by atoms with van der Waals surface area (Å²) in [4.78, 5) is 4.36. The van der Waals surface area contributed by atoms with Crippen LogP contribution >= 0.6 is 11.6 Å². The first kappa shape index (κ1) is 19.0. The molecule has 0 aliphatic carbocycles. The third-order valence-electron chi connectivity index (χ3n) is 3.89. The van der Waals surface area contributed by atoms with Crippen molar-refractivity contribution >= 4 is 17.6 Å². The van der Waals surface area contributed by atoms with Crippen LogP contribution in [0.5, 0.6) is 11.5 Å². The normalized spacial score (nSPS) is 11.9. The fourth-order valence-electron chi connectivity index (χ4n) is 2.52. The first-order chi connectivity index (χ1) is 13.1. The van der Waals surface area contributed by atoms with Crippen molar-refractivity contribution in [1.29, 1.82) is 0 Å². The van der Waals surface area contributed by atoms with Gasteiger partial charge in [0.25, 0.3) is 0 Å². The van der Waals surface area contributed by atoms with Crippen LogP contribution in [-0.4, -0.2) is 35.6 Å². The van der Waals surface area contributed by atoms with Crippen LogP contribution in [0.3, 0.4) is 0 Å². The smallest absolute Gasteiger partial charge is 0.322 e. The Morgan fingerprint density at radius 2 is 2.07 bits per heavy atom. The van der Waals surface area contributed by atoms with E-state index in [0.29, 0.717) is 28.4 Å². The Hall–Kier alpha value is -2.77. The Labute approximate surface area is 161 Å². The van der Waals surface area contributed by atoms with Crippen molar-refractivity contribution in [2.45, 2.75) is 13.0 Å². The minimum Gasteiger partial charge on any atom is -0.493 e. The number of hydrogen-bond donors (Lipinski definition) is 2. The van der Waals surface area contributed by atoms with E-state index in [4.69, 9.17) is 30.7 Å². The minimum atomic E-state index is -0.113. The lowest BCUT2D eigenvalue weighted by molar-refractivity contribution is 0.196. The Morgan fingerprint density at radius 3 is 2.81 bits per heavy atom. The van der Waals surface area contributed by atoms with Crippen LogP contribution in [-0.2, 0) is 0 Å². The first-order valence-electron chi connectivity index (χ1n) is 8.38. The lowest BCUT2D eigenvalue weighted by Crippen LogP contribution is -2.08. The van der Waals surface area contributed by atoms with Crippen LogP contribution in [0.15, 0.2) is 47.0 Å². The Balaban J connectivity index is 1.73. The number of anilines is 1. The van der Waals surface area contributed by atoms with E-state index in [2.05, 4.69) is 15.5 Å². The van der Waals surface area contributed by atoms with Crippen LogP contribution in [0.4, 0.5) is 6.01 Å². The molecule has 0 unspecified atom stereocenters. The van der Waals surface area contributed by atoms with Crippen molar-refractivity contribution in [2.75, 3.05) is 25.6 Å². The number of ether oxygens (including phenoxy) is 2. The van der Waals surface area contributed by atoms with Gasteiger partial charge in [-0.25, -0.2) is 0 Å². The molecule has 0 radical (unpaired) electrons. The van der Waals surface area contributed by atoms with E-state index in [1.807, 2.05) is 31.2 Å². The van der Waals surface area contributed by atoms with Gasteiger partial charge in [-0.15, -0.1) is 0 Å². The van der Waals surface area contributed by atoms with Gasteiger partial charge in [-0.3, -0.25) is 0 Å². The standard InChI is InChI=1S/C19H20ClN3O4/c1-12(13-6-7-16(26-9-8-24)17(11-13)25-2)21-19-22-18(23-27-19)14-4-3-5-15(20)10-14/h3-7,10-12,24H,8-9H2,1-2H3,(H,21,22,23)/t12-/m0/s1. The fraction of sp³-hybridized carbons (Fsp3) is 0.263. The Kier molecular flexibility index (Phi) is 6.16. The number of methoxy groups -OCH3 is 1. The number of aliphatic hydroxyl groups is 1. The molecule has 0 aliphatic heterocycles. The van der Waals surface area contributed by atoms with Gasteiger partial charge >= 0.3 is 6.01 Å². The van der Waals surface area contributed by atoms with Gasteiger partial charge in [-0.2, -0.15) is 4.98 Å². The molecule has 0 amide bonds. The van der Waals surface area contributed by atoms with E-state index in [9.17, 15) is 0 Å². The van der Waals surface area contributed by atoms with E-state index in [-0.39, 0.29) is 19.3 Å². The van der Waals surface area contributed by atoms with Crippen LogP contribution < -0.4 is 14.8 Å². The first-order valence-corrected chi connectivity index (χ1v) is 8.76. The molecule has 7 nitrogen and oxygen atoms in total. The van der Waals surface area contributed by atoms with Crippen molar-refractivity contribution in [3.63, 3.8) is 0 Å². The van der Waals surface area contributed by atoms with Crippen molar-refractivity contribution < 1.29 is 19.1 Å². The van der Waals surface area contributed by atoms with Crippen LogP contribution in [0.25, 0.3) is 11.4 Å². The van der Waals surface area contributed by atoms with E-state index >= 15 is 0 Å². The number of nitrogens with one attached hydrogen (secondary N) is 1. The highest BCUT2D eigenvalue weighted by molar-refractivity contribution is 6.30. The predicted octanol–water partition coefficient (Wildman–Crippen LogP) is 3.94. The molecule has 0 saturated heterocycles. The Morgan fingerprint density at radius 1 is 1.22 bits per heavy atom. The molecule has 2 N–H and O–H groups in total. The van der Waals surface area contributed by atoms with Gasteiger partial charge < -0.3 is 24.4 Å². The highest BCUT2D eigenvalue weighted by atomic mass is 35.5.